The van der Waals surface area contributed by atoms with Gasteiger partial charge in [-0.05, 0) is 32.3 Å². The molecule has 0 aromatic heterocycles. The van der Waals surface area contributed by atoms with Crippen molar-refractivity contribution in [3.8, 4) is 11.5 Å². The first-order valence-electron chi connectivity index (χ1n) is 11.1. The summed E-state index contributed by atoms with van der Waals surface area (Å²) in [6, 6.07) is 1.98. The van der Waals surface area contributed by atoms with Gasteiger partial charge in [-0.1, -0.05) is 20.8 Å². The Balaban J connectivity index is 2.69. The Labute approximate surface area is 199 Å². The van der Waals surface area contributed by atoms with Gasteiger partial charge in [0.05, 0.1) is 36.2 Å². The van der Waals surface area contributed by atoms with Crippen molar-refractivity contribution in [2.24, 2.45) is 10.8 Å². The van der Waals surface area contributed by atoms with Crippen molar-refractivity contribution >= 4 is 17.6 Å². The number of aromatic hydroxyl groups is 2. The highest BCUT2D eigenvalue weighted by molar-refractivity contribution is 5.84. The van der Waals surface area contributed by atoms with Crippen molar-refractivity contribution in [3.63, 3.8) is 0 Å². The zero-order chi connectivity index (χ0) is 25.9. The fourth-order valence-corrected chi connectivity index (χ4v) is 3.54. The third kappa shape index (κ3) is 8.45. The number of methoxy groups -OCH3 is 1. The number of benzene rings is 1. The predicted octanol–water partition coefficient (Wildman–Crippen LogP) is 2.70. The summed E-state index contributed by atoms with van der Waals surface area (Å²) in [6.45, 7) is 8.29. The summed E-state index contributed by atoms with van der Waals surface area (Å²) in [5, 5.41) is 33.1. The summed E-state index contributed by atoms with van der Waals surface area (Å²) in [6.07, 6.45) is 0.764. The second kappa shape index (κ2) is 13.1. The molecule has 0 fully saturated rings. The second-order valence-electron chi connectivity index (χ2n) is 8.95. The number of amides is 1. The van der Waals surface area contributed by atoms with Gasteiger partial charge >= 0.3 is 5.97 Å². The number of hydrogen-bond acceptors (Lipinski definition) is 9. The van der Waals surface area contributed by atoms with Gasteiger partial charge in [0, 0.05) is 24.6 Å². The van der Waals surface area contributed by atoms with Crippen LogP contribution in [0.15, 0.2) is 12.1 Å². The highest BCUT2D eigenvalue weighted by Gasteiger charge is 2.42. The zero-order valence-corrected chi connectivity index (χ0v) is 20.5. The lowest BCUT2D eigenvalue weighted by Gasteiger charge is -2.34. The molecule has 0 aliphatic carbocycles. The Morgan fingerprint density at radius 2 is 1.71 bits per heavy atom. The average molecular weight is 485 g/mol. The molecule has 3 N–H and O–H groups in total. The molecular weight excluding hydrogens is 448 g/mol. The van der Waals surface area contributed by atoms with Crippen molar-refractivity contribution in [3.05, 3.63) is 27.8 Å². The van der Waals surface area contributed by atoms with Gasteiger partial charge in [-0.25, -0.2) is 0 Å². The maximum absolute atomic E-state index is 12.9. The number of phenols is 2. The lowest BCUT2D eigenvalue weighted by atomic mass is 9.72. The Kier molecular flexibility index (Phi) is 11.2. The smallest absolute Gasteiger partial charge is 0.311 e. The van der Waals surface area contributed by atoms with E-state index in [4.69, 9.17) is 14.2 Å². The van der Waals surface area contributed by atoms with Crippen molar-refractivity contribution in [1.82, 2.24) is 5.32 Å². The quantitative estimate of drug-likeness (QED) is 0.112. The maximum Gasteiger partial charge on any atom is 0.311 e. The van der Waals surface area contributed by atoms with Gasteiger partial charge in [-0.3, -0.25) is 19.7 Å². The molecule has 1 atom stereocenters. The predicted molar refractivity (Wildman–Crippen MR) is 124 cm³/mol. The van der Waals surface area contributed by atoms with Crippen LogP contribution in [0.3, 0.4) is 0 Å². The van der Waals surface area contributed by atoms with Gasteiger partial charge in [0.25, 0.3) is 5.69 Å². The van der Waals surface area contributed by atoms with E-state index < -0.39 is 33.2 Å². The minimum atomic E-state index is -0.929. The first-order valence-corrected chi connectivity index (χ1v) is 11.1. The number of nitrogens with one attached hydrogen (secondary N) is 1. The molecule has 192 valence electrons. The fourth-order valence-electron chi connectivity index (χ4n) is 3.54. The van der Waals surface area contributed by atoms with Crippen LogP contribution < -0.4 is 5.32 Å². The molecule has 0 saturated heterocycles. The maximum atomic E-state index is 12.9. The van der Waals surface area contributed by atoms with Gasteiger partial charge in [0.1, 0.15) is 6.61 Å². The number of esters is 1. The summed E-state index contributed by atoms with van der Waals surface area (Å²) in [4.78, 5) is 36.1. The normalized spacial score (nSPS) is 13.2. The van der Waals surface area contributed by atoms with E-state index in [2.05, 4.69) is 5.32 Å². The summed E-state index contributed by atoms with van der Waals surface area (Å²) < 4.78 is 15.5. The Morgan fingerprint density at radius 3 is 2.29 bits per heavy atom. The summed E-state index contributed by atoms with van der Waals surface area (Å²) in [7, 11) is 1.57. The number of nitro groups is 1. The van der Waals surface area contributed by atoms with Crippen LogP contribution in [0.1, 0.15) is 46.1 Å². The first kappa shape index (κ1) is 29.1. The highest BCUT2D eigenvalue weighted by Crippen LogP contribution is 2.38. The van der Waals surface area contributed by atoms with Crippen molar-refractivity contribution < 1.29 is 38.9 Å². The monoisotopic (exact) mass is 484 g/mol. The van der Waals surface area contributed by atoms with E-state index in [1.54, 1.807) is 27.9 Å². The van der Waals surface area contributed by atoms with Gasteiger partial charge in [0.2, 0.25) is 5.91 Å². The lowest BCUT2D eigenvalue weighted by molar-refractivity contribution is -0.385. The number of carbonyl (C=O) groups excluding carboxylic acids is 2. The van der Waals surface area contributed by atoms with Gasteiger partial charge < -0.3 is 29.7 Å². The van der Waals surface area contributed by atoms with E-state index in [0.717, 1.165) is 12.1 Å². The Hall–Kier alpha value is -2.92. The third-order valence-corrected chi connectivity index (χ3v) is 5.66. The summed E-state index contributed by atoms with van der Waals surface area (Å²) in [5.41, 5.74) is -2.00. The van der Waals surface area contributed by atoms with E-state index in [1.165, 1.54) is 0 Å². The van der Waals surface area contributed by atoms with Crippen LogP contribution in [0.25, 0.3) is 0 Å². The molecule has 34 heavy (non-hydrogen) atoms. The third-order valence-electron chi connectivity index (χ3n) is 5.66. The number of nitrogens with zero attached hydrogens (tertiary/aromatic N) is 1. The van der Waals surface area contributed by atoms with E-state index in [1.807, 2.05) is 6.92 Å². The molecule has 1 amide bonds. The standard InChI is InChI=1S/C23H36N2O9/c1-6-23(4,21(29)34-12-11-33-10-9-32-5)15-22(2,3)20(28)24-8-7-16-13-18(26)19(27)14-17(16)25(30)31/h13-14,26-27H,6-12,15H2,1-5H3,(H,24,28). The molecule has 0 aliphatic heterocycles. The molecule has 0 spiro atoms. The molecule has 1 rings (SSSR count). The zero-order valence-electron chi connectivity index (χ0n) is 20.5. The minimum absolute atomic E-state index is 0.0689. The van der Waals surface area contributed by atoms with Crippen molar-refractivity contribution in [2.45, 2.75) is 47.0 Å². The highest BCUT2D eigenvalue weighted by atomic mass is 16.6. The van der Waals surface area contributed by atoms with Crippen LogP contribution in [0.2, 0.25) is 0 Å². The second-order valence-corrected chi connectivity index (χ2v) is 8.95. The molecule has 0 bridgehead atoms. The summed E-state index contributed by atoms with van der Waals surface area (Å²) >= 11 is 0. The largest absolute Gasteiger partial charge is 0.504 e. The fraction of sp³-hybridized carbons (Fsp3) is 0.652. The van der Waals surface area contributed by atoms with Gasteiger partial charge in [-0.2, -0.15) is 0 Å². The average Bonchev–Trinajstić information content (AvgIpc) is 2.77. The lowest BCUT2D eigenvalue weighted by Crippen LogP contribution is -2.43. The molecule has 0 radical (unpaired) electrons. The molecule has 1 aromatic rings. The van der Waals surface area contributed by atoms with Crippen LogP contribution in [0.4, 0.5) is 5.69 Å². The number of nitro benzene ring substituents is 1. The number of phenolic OH excluding ortho intramolecular Hbond substituents is 2. The van der Waals surface area contributed by atoms with Gasteiger partial charge in [-0.15, -0.1) is 0 Å². The van der Waals surface area contributed by atoms with E-state index in [-0.39, 0.29) is 49.8 Å². The minimum Gasteiger partial charge on any atom is -0.504 e. The van der Waals surface area contributed by atoms with Crippen LogP contribution in [-0.4, -0.2) is 67.1 Å². The molecule has 11 heteroatoms. The SMILES string of the molecule is CCC(C)(CC(C)(C)C(=O)NCCc1cc(O)c(O)cc1[N+](=O)[O-])C(=O)OCCOCCOC. The molecule has 1 unspecified atom stereocenters. The van der Waals surface area contributed by atoms with Crippen molar-refractivity contribution in [1.29, 1.82) is 0 Å². The van der Waals surface area contributed by atoms with Crippen LogP contribution in [0, 0.1) is 20.9 Å². The Bertz CT molecular complexity index is 857. The van der Waals surface area contributed by atoms with Crippen LogP contribution in [-0.2, 0) is 30.2 Å². The Morgan fingerprint density at radius 1 is 1.09 bits per heavy atom. The molecule has 0 heterocycles. The van der Waals surface area contributed by atoms with Crippen LogP contribution in [0.5, 0.6) is 11.5 Å². The molecule has 11 nitrogen and oxygen atoms in total. The summed E-state index contributed by atoms with van der Waals surface area (Å²) in [5.74, 6) is -1.81. The van der Waals surface area contributed by atoms with Crippen LogP contribution >= 0.6 is 0 Å². The van der Waals surface area contributed by atoms with Gasteiger partial charge in [0.15, 0.2) is 11.5 Å². The molecule has 0 aliphatic rings. The number of ether oxygens (including phenoxy) is 3. The molecule has 0 saturated carbocycles. The van der Waals surface area contributed by atoms with E-state index in [9.17, 15) is 29.9 Å². The van der Waals surface area contributed by atoms with E-state index >= 15 is 0 Å². The van der Waals surface area contributed by atoms with E-state index in [0.29, 0.717) is 19.6 Å². The topological polar surface area (TPSA) is 157 Å². The number of hydrogen-bond donors (Lipinski definition) is 3. The van der Waals surface area contributed by atoms with Crippen molar-refractivity contribution in [2.75, 3.05) is 40.1 Å². The number of carbonyl (C=O) groups is 2. The molecule has 1 aromatic carbocycles. The number of rotatable bonds is 15. The molecular formula is C23H36N2O9. The first-order chi connectivity index (χ1) is 15.9.